The lowest BCUT2D eigenvalue weighted by atomic mass is 10.0. The number of nitrogens with one attached hydrogen (secondary N) is 2. The molecule has 8 heteroatoms. The van der Waals surface area contributed by atoms with Gasteiger partial charge < -0.3 is 15.4 Å². The normalized spacial score (nSPS) is 15.2. The van der Waals surface area contributed by atoms with Gasteiger partial charge in [-0.05, 0) is 47.3 Å². The van der Waals surface area contributed by atoms with E-state index < -0.39 is 0 Å². The number of morpholine rings is 1. The molecular weight excluding hydrogens is 429 g/mol. The van der Waals surface area contributed by atoms with Crippen molar-refractivity contribution in [2.75, 3.05) is 38.2 Å². The summed E-state index contributed by atoms with van der Waals surface area (Å²) in [5.74, 6) is -0.737. The van der Waals surface area contributed by atoms with Crippen molar-refractivity contribution in [3.05, 3.63) is 87.9 Å². The van der Waals surface area contributed by atoms with Gasteiger partial charge in [-0.25, -0.2) is 4.39 Å². The smallest absolute Gasteiger partial charge is 0.265 e. The summed E-state index contributed by atoms with van der Waals surface area (Å²) in [4.78, 5) is 28.0. The second-order valence-electron chi connectivity index (χ2n) is 7.44. The number of hydrogen-bond donors (Lipinski definition) is 2. The summed E-state index contributed by atoms with van der Waals surface area (Å²) in [7, 11) is 0. The van der Waals surface area contributed by atoms with Crippen molar-refractivity contribution in [1.29, 1.82) is 0 Å². The highest BCUT2D eigenvalue weighted by molar-refractivity contribution is 7.12. The van der Waals surface area contributed by atoms with Crippen LogP contribution >= 0.6 is 11.3 Å². The molecule has 0 saturated carbocycles. The summed E-state index contributed by atoms with van der Waals surface area (Å²) in [6.45, 7) is 3.09. The molecule has 0 spiro atoms. The van der Waals surface area contributed by atoms with Crippen molar-refractivity contribution < 1.29 is 18.7 Å². The molecule has 1 saturated heterocycles. The predicted molar refractivity (Wildman–Crippen MR) is 123 cm³/mol. The molecule has 3 aromatic rings. The quantitative estimate of drug-likeness (QED) is 0.569. The highest BCUT2D eigenvalue weighted by atomic mass is 32.1. The van der Waals surface area contributed by atoms with Gasteiger partial charge in [0.05, 0.1) is 24.1 Å². The van der Waals surface area contributed by atoms with Crippen molar-refractivity contribution in [3.8, 4) is 0 Å². The van der Waals surface area contributed by atoms with Crippen LogP contribution in [0.25, 0.3) is 0 Å². The fourth-order valence-corrected chi connectivity index (χ4v) is 4.28. The molecule has 166 valence electrons. The molecule has 1 aliphatic rings. The van der Waals surface area contributed by atoms with Crippen LogP contribution < -0.4 is 10.6 Å². The summed E-state index contributed by atoms with van der Waals surface area (Å²) >= 11 is 1.36. The van der Waals surface area contributed by atoms with Crippen molar-refractivity contribution in [3.63, 3.8) is 0 Å². The Morgan fingerprint density at radius 2 is 1.81 bits per heavy atom. The number of nitrogens with zero attached hydrogens (tertiary/aromatic N) is 1. The minimum atomic E-state index is -0.292. The molecule has 0 aliphatic carbocycles. The summed E-state index contributed by atoms with van der Waals surface area (Å²) < 4.78 is 18.9. The van der Waals surface area contributed by atoms with Crippen LogP contribution in [0.1, 0.15) is 31.6 Å². The van der Waals surface area contributed by atoms with Gasteiger partial charge in [-0.3, -0.25) is 14.5 Å². The van der Waals surface area contributed by atoms with Crippen LogP contribution in [0.5, 0.6) is 0 Å². The third kappa shape index (κ3) is 5.59. The molecule has 32 heavy (non-hydrogen) atoms. The molecule has 0 radical (unpaired) electrons. The maximum atomic E-state index is 13.4. The topological polar surface area (TPSA) is 70.7 Å². The van der Waals surface area contributed by atoms with Crippen molar-refractivity contribution >= 4 is 28.8 Å². The number of hydrogen-bond acceptors (Lipinski definition) is 5. The van der Waals surface area contributed by atoms with Gasteiger partial charge in [0.1, 0.15) is 5.82 Å². The molecule has 1 fully saturated rings. The van der Waals surface area contributed by atoms with Crippen LogP contribution in [-0.2, 0) is 4.74 Å². The molecular formula is C24H24FN3O3S. The van der Waals surface area contributed by atoms with E-state index in [1.165, 1.54) is 23.5 Å². The molecule has 2 aromatic carbocycles. The number of ether oxygens (including phenoxy) is 1. The Hall–Kier alpha value is -3.07. The zero-order chi connectivity index (χ0) is 22.3. The lowest BCUT2D eigenvalue weighted by Crippen LogP contribution is -2.43. The first-order chi connectivity index (χ1) is 15.6. The minimum Gasteiger partial charge on any atom is -0.379 e. The Labute approximate surface area is 190 Å². The van der Waals surface area contributed by atoms with E-state index in [1.807, 2.05) is 11.4 Å². The maximum absolute atomic E-state index is 13.4. The van der Waals surface area contributed by atoms with E-state index in [0.717, 1.165) is 18.7 Å². The highest BCUT2D eigenvalue weighted by Gasteiger charge is 2.23. The molecule has 1 aromatic heterocycles. The fourth-order valence-electron chi connectivity index (χ4n) is 3.66. The lowest BCUT2D eigenvalue weighted by molar-refractivity contribution is 0.0162. The van der Waals surface area contributed by atoms with Crippen LogP contribution in [0.4, 0.5) is 10.1 Å². The van der Waals surface area contributed by atoms with Crippen molar-refractivity contribution in [1.82, 2.24) is 10.2 Å². The third-order valence-corrected chi connectivity index (χ3v) is 6.19. The summed E-state index contributed by atoms with van der Waals surface area (Å²) in [6, 6.07) is 16.7. The van der Waals surface area contributed by atoms with E-state index in [0.29, 0.717) is 35.9 Å². The van der Waals surface area contributed by atoms with Crippen LogP contribution in [-0.4, -0.2) is 49.6 Å². The first-order valence-corrected chi connectivity index (χ1v) is 11.3. The van der Waals surface area contributed by atoms with Crippen LogP contribution in [0.3, 0.4) is 0 Å². The standard InChI is InChI=1S/C24H24FN3O3S/c25-19-8-6-17(7-9-19)21(28-10-12-31-13-11-28)16-26-23(29)18-3-1-4-20(15-18)27-24(30)22-5-2-14-32-22/h1-9,14-15,21H,10-13,16H2,(H,26,29)(H,27,30). The molecule has 0 bridgehead atoms. The number of benzene rings is 2. The van der Waals surface area contributed by atoms with Gasteiger partial charge >= 0.3 is 0 Å². The van der Waals surface area contributed by atoms with E-state index in [1.54, 1.807) is 42.5 Å². The highest BCUT2D eigenvalue weighted by Crippen LogP contribution is 2.22. The lowest BCUT2D eigenvalue weighted by Gasteiger charge is -2.35. The average molecular weight is 454 g/mol. The summed E-state index contributed by atoms with van der Waals surface area (Å²) in [5, 5.41) is 7.65. The number of rotatable bonds is 7. The Bertz CT molecular complexity index is 1050. The third-order valence-electron chi connectivity index (χ3n) is 5.32. The van der Waals surface area contributed by atoms with Crippen LogP contribution in [0.2, 0.25) is 0 Å². The Kier molecular flexibility index (Phi) is 7.26. The molecule has 2 heterocycles. The number of carbonyl (C=O) groups is 2. The fraction of sp³-hybridized carbons (Fsp3) is 0.250. The minimum absolute atomic E-state index is 0.0924. The van der Waals surface area contributed by atoms with Crippen molar-refractivity contribution in [2.24, 2.45) is 0 Å². The zero-order valence-corrected chi connectivity index (χ0v) is 18.2. The molecule has 1 unspecified atom stereocenters. The molecule has 6 nitrogen and oxygen atoms in total. The van der Waals surface area contributed by atoms with Crippen LogP contribution in [0, 0.1) is 5.82 Å². The monoisotopic (exact) mass is 453 g/mol. The molecule has 2 N–H and O–H groups in total. The molecule has 4 rings (SSSR count). The largest absolute Gasteiger partial charge is 0.379 e. The van der Waals surface area contributed by atoms with E-state index in [2.05, 4.69) is 15.5 Å². The second kappa shape index (κ2) is 10.5. The first-order valence-electron chi connectivity index (χ1n) is 10.4. The maximum Gasteiger partial charge on any atom is 0.265 e. The zero-order valence-electron chi connectivity index (χ0n) is 17.4. The average Bonchev–Trinajstić information content (AvgIpc) is 3.36. The van der Waals surface area contributed by atoms with Gasteiger partial charge in [0.2, 0.25) is 0 Å². The van der Waals surface area contributed by atoms with E-state index in [-0.39, 0.29) is 23.7 Å². The number of carbonyl (C=O) groups excluding carboxylic acids is 2. The molecule has 1 atom stereocenters. The van der Waals surface area contributed by atoms with Crippen molar-refractivity contribution in [2.45, 2.75) is 6.04 Å². The van der Waals surface area contributed by atoms with Gasteiger partial charge in [0, 0.05) is 30.9 Å². The van der Waals surface area contributed by atoms with Crippen LogP contribution in [0.15, 0.2) is 66.0 Å². The molecule has 2 amide bonds. The predicted octanol–water partition coefficient (Wildman–Crippen LogP) is 3.94. The number of thiophene rings is 1. The molecule has 1 aliphatic heterocycles. The van der Waals surface area contributed by atoms with Gasteiger partial charge in [-0.2, -0.15) is 0 Å². The number of halogens is 1. The Morgan fingerprint density at radius 3 is 2.53 bits per heavy atom. The van der Waals surface area contributed by atoms with E-state index in [4.69, 9.17) is 4.74 Å². The Balaban J connectivity index is 1.43. The van der Waals surface area contributed by atoms with Gasteiger partial charge in [-0.1, -0.05) is 24.3 Å². The number of amides is 2. The van der Waals surface area contributed by atoms with E-state index in [9.17, 15) is 14.0 Å². The van der Waals surface area contributed by atoms with E-state index >= 15 is 0 Å². The second-order valence-corrected chi connectivity index (χ2v) is 8.39. The number of anilines is 1. The van der Waals surface area contributed by atoms with Gasteiger partial charge in [0.25, 0.3) is 11.8 Å². The SMILES string of the molecule is O=C(NCC(c1ccc(F)cc1)N1CCOCC1)c1cccc(NC(=O)c2cccs2)c1. The summed E-state index contributed by atoms with van der Waals surface area (Å²) in [5.41, 5.74) is 1.94. The van der Waals surface area contributed by atoms with Gasteiger partial charge in [0.15, 0.2) is 0 Å². The Morgan fingerprint density at radius 1 is 1.03 bits per heavy atom. The summed E-state index contributed by atoms with van der Waals surface area (Å²) in [6.07, 6.45) is 0. The first kappa shape index (κ1) is 22.1. The van der Waals surface area contributed by atoms with Gasteiger partial charge in [-0.15, -0.1) is 11.3 Å².